The topological polar surface area (TPSA) is 40.2 Å². The van der Waals surface area contributed by atoms with Gasteiger partial charge in [0, 0.05) is 33.7 Å². The van der Waals surface area contributed by atoms with E-state index in [1.165, 1.54) is 11.1 Å². The lowest BCUT2D eigenvalue weighted by atomic mass is 10.1. The zero-order valence-corrected chi connectivity index (χ0v) is 13.1. The molecule has 21 heavy (non-hydrogen) atoms. The molecule has 0 saturated carbocycles. The number of aromatic nitrogens is 1. The Labute approximate surface area is 131 Å². The summed E-state index contributed by atoms with van der Waals surface area (Å²) < 4.78 is 9.14. The first-order chi connectivity index (χ1) is 10.2. The average molecular weight is 343 g/mol. The van der Waals surface area contributed by atoms with Gasteiger partial charge in [0.15, 0.2) is 0 Å². The van der Waals surface area contributed by atoms with Crippen LogP contribution >= 0.6 is 15.9 Å². The molecule has 4 heteroatoms. The van der Waals surface area contributed by atoms with Crippen LogP contribution in [0.3, 0.4) is 0 Å². The van der Waals surface area contributed by atoms with Gasteiger partial charge in [0.05, 0.1) is 18.7 Å². The second-order valence-corrected chi connectivity index (χ2v) is 6.29. The average Bonchev–Trinajstić information content (AvgIpc) is 3.07. The third kappa shape index (κ3) is 2.10. The lowest BCUT2D eigenvalue weighted by Gasteiger charge is -2.11. The largest absolute Gasteiger partial charge is 0.493 e. The number of nitrogens with zero attached hydrogens (tertiary/aromatic N) is 1. The Kier molecular flexibility index (Phi) is 2.93. The third-order valence-electron chi connectivity index (χ3n) is 4.01. The van der Waals surface area contributed by atoms with E-state index in [1.54, 1.807) is 0 Å². The maximum absolute atomic E-state index is 6.03. The normalized spacial score (nSPS) is 13.4. The second-order valence-electron chi connectivity index (χ2n) is 5.38. The predicted molar refractivity (Wildman–Crippen MR) is 88.8 cm³/mol. The minimum Gasteiger partial charge on any atom is -0.493 e. The van der Waals surface area contributed by atoms with Gasteiger partial charge in [-0.3, -0.25) is 0 Å². The van der Waals surface area contributed by atoms with Gasteiger partial charge in [0.1, 0.15) is 5.75 Å². The molecule has 2 N–H and O–H groups in total. The second kappa shape index (κ2) is 4.81. The first-order valence-electron chi connectivity index (χ1n) is 7.00. The van der Waals surface area contributed by atoms with E-state index in [9.17, 15) is 0 Å². The fraction of sp³-hybridized carbons (Fsp3) is 0.176. The Balaban J connectivity index is 1.81. The molecule has 0 spiro atoms. The number of ether oxygens (including phenoxy) is 1. The highest BCUT2D eigenvalue weighted by Gasteiger charge is 2.18. The molecule has 0 saturated heterocycles. The van der Waals surface area contributed by atoms with Crippen LogP contribution in [0, 0.1) is 0 Å². The van der Waals surface area contributed by atoms with E-state index in [0.717, 1.165) is 46.4 Å². The molecule has 2 heterocycles. The summed E-state index contributed by atoms with van der Waals surface area (Å²) in [5, 5.41) is 1.10. The highest BCUT2D eigenvalue weighted by Crippen LogP contribution is 2.34. The van der Waals surface area contributed by atoms with Gasteiger partial charge in [-0.05, 0) is 35.9 Å². The van der Waals surface area contributed by atoms with Crippen molar-refractivity contribution in [2.24, 2.45) is 0 Å². The van der Waals surface area contributed by atoms with Crippen LogP contribution in [0.2, 0.25) is 0 Å². The molecule has 0 aliphatic carbocycles. The van der Waals surface area contributed by atoms with E-state index < -0.39 is 0 Å². The Morgan fingerprint density at radius 3 is 3.05 bits per heavy atom. The highest BCUT2D eigenvalue weighted by molar-refractivity contribution is 9.10. The Bertz CT molecular complexity index is 838. The van der Waals surface area contributed by atoms with Crippen LogP contribution < -0.4 is 10.5 Å². The Hall–Kier alpha value is -1.94. The molecule has 0 unspecified atom stereocenters. The van der Waals surface area contributed by atoms with Gasteiger partial charge in [-0.2, -0.15) is 0 Å². The molecule has 0 bridgehead atoms. The lowest BCUT2D eigenvalue weighted by molar-refractivity contribution is 0.353. The van der Waals surface area contributed by atoms with E-state index >= 15 is 0 Å². The summed E-state index contributed by atoms with van der Waals surface area (Å²) in [5.74, 6) is 1.05. The SMILES string of the molecule is Nc1cccc2c1ccn2Cc1cc(Br)cc2c1OCC2. The summed E-state index contributed by atoms with van der Waals surface area (Å²) in [5.41, 5.74) is 10.5. The van der Waals surface area contributed by atoms with Crippen LogP contribution in [0.15, 0.2) is 47.1 Å². The number of nitrogen functional groups attached to an aromatic ring is 1. The van der Waals surface area contributed by atoms with Gasteiger partial charge in [-0.25, -0.2) is 0 Å². The van der Waals surface area contributed by atoms with Crippen molar-refractivity contribution < 1.29 is 4.74 Å². The number of rotatable bonds is 2. The van der Waals surface area contributed by atoms with Crippen molar-refractivity contribution in [2.45, 2.75) is 13.0 Å². The van der Waals surface area contributed by atoms with Crippen molar-refractivity contribution in [3.63, 3.8) is 0 Å². The molecule has 1 aliphatic rings. The molecule has 4 rings (SSSR count). The van der Waals surface area contributed by atoms with Crippen molar-refractivity contribution in [3.05, 3.63) is 58.2 Å². The van der Waals surface area contributed by atoms with E-state index in [2.05, 4.69) is 51.0 Å². The van der Waals surface area contributed by atoms with Crippen molar-refractivity contribution in [1.82, 2.24) is 4.57 Å². The molecule has 0 amide bonds. The molecule has 3 aromatic rings. The van der Waals surface area contributed by atoms with Crippen LogP contribution in [0.1, 0.15) is 11.1 Å². The van der Waals surface area contributed by atoms with Gasteiger partial charge in [-0.15, -0.1) is 0 Å². The summed E-state index contributed by atoms with van der Waals surface area (Å²) >= 11 is 3.60. The summed E-state index contributed by atoms with van der Waals surface area (Å²) in [6, 6.07) is 12.4. The number of fused-ring (bicyclic) bond motifs is 2. The summed E-state index contributed by atoms with van der Waals surface area (Å²) in [4.78, 5) is 0. The zero-order valence-electron chi connectivity index (χ0n) is 11.5. The minimum atomic E-state index is 0.776. The highest BCUT2D eigenvalue weighted by atomic mass is 79.9. The molecule has 0 fully saturated rings. The molecular weight excluding hydrogens is 328 g/mol. The number of benzene rings is 2. The molecule has 0 atom stereocenters. The van der Waals surface area contributed by atoms with Crippen LogP contribution in [-0.4, -0.2) is 11.2 Å². The summed E-state index contributed by atoms with van der Waals surface area (Å²) in [6.07, 6.45) is 3.07. The standard InChI is InChI=1S/C17H15BrN2O/c18-13-8-11-5-7-21-17(11)12(9-13)10-20-6-4-14-15(19)2-1-3-16(14)20/h1-4,6,8-9H,5,7,10,19H2. The molecular formula is C17H15BrN2O. The van der Waals surface area contributed by atoms with E-state index in [4.69, 9.17) is 10.5 Å². The Morgan fingerprint density at radius 1 is 1.24 bits per heavy atom. The van der Waals surface area contributed by atoms with Crippen molar-refractivity contribution in [1.29, 1.82) is 0 Å². The molecule has 2 aromatic carbocycles. The first kappa shape index (κ1) is 12.8. The predicted octanol–water partition coefficient (Wildman–Crippen LogP) is 3.97. The molecule has 106 valence electrons. The number of anilines is 1. The fourth-order valence-corrected chi connectivity index (χ4v) is 3.58. The minimum absolute atomic E-state index is 0.776. The van der Waals surface area contributed by atoms with Gasteiger partial charge < -0.3 is 15.0 Å². The van der Waals surface area contributed by atoms with Gasteiger partial charge in [0.2, 0.25) is 0 Å². The van der Waals surface area contributed by atoms with Crippen molar-refractivity contribution in [2.75, 3.05) is 12.3 Å². The van der Waals surface area contributed by atoms with Crippen LogP contribution in [0.5, 0.6) is 5.75 Å². The quantitative estimate of drug-likeness (QED) is 0.716. The number of nitrogens with two attached hydrogens (primary N) is 1. The number of hydrogen-bond acceptors (Lipinski definition) is 2. The molecule has 1 aromatic heterocycles. The van der Waals surface area contributed by atoms with Gasteiger partial charge in [0.25, 0.3) is 0 Å². The Morgan fingerprint density at radius 2 is 2.14 bits per heavy atom. The van der Waals surface area contributed by atoms with E-state index in [0.29, 0.717) is 0 Å². The molecule has 0 radical (unpaired) electrons. The number of halogens is 1. The number of hydrogen-bond donors (Lipinski definition) is 1. The van der Waals surface area contributed by atoms with Gasteiger partial charge >= 0.3 is 0 Å². The van der Waals surface area contributed by atoms with E-state index in [-0.39, 0.29) is 0 Å². The van der Waals surface area contributed by atoms with E-state index in [1.807, 2.05) is 12.1 Å². The lowest BCUT2D eigenvalue weighted by Crippen LogP contribution is -2.01. The summed E-state index contributed by atoms with van der Waals surface area (Å²) in [6.45, 7) is 1.56. The van der Waals surface area contributed by atoms with Gasteiger partial charge in [-0.1, -0.05) is 22.0 Å². The van der Waals surface area contributed by atoms with Crippen molar-refractivity contribution >= 4 is 32.5 Å². The molecule has 1 aliphatic heterocycles. The monoisotopic (exact) mass is 342 g/mol. The van der Waals surface area contributed by atoms with Crippen LogP contribution in [0.4, 0.5) is 5.69 Å². The molecule has 3 nitrogen and oxygen atoms in total. The fourth-order valence-electron chi connectivity index (χ4n) is 3.03. The maximum atomic E-state index is 6.03. The van der Waals surface area contributed by atoms with Crippen LogP contribution in [-0.2, 0) is 13.0 Å². The first-order valence-corrected chi connectivity index (χ1v) is 7.79. The van der Waals surface area contributed by atoms with Crippen LogP contribution in [0.25, 0.3) is 10.9 Å². The van der Waals surface area contributed by atoms with Crippen molar-refractivity contribution in [3.8, 4) is 5.75 Å². The summed E-state index contributed by atoms with van der Waals surface area (Å²) in [7, 11) is 0. The maximum Gasteiger partial charge on any atom is 0.127 e. The zero-order chi connectivity index (χ0) is 14.4. The smallest absolute Gasteiger partial charge is 0.127 e. The third-order valence-corrected chi connectivity index (χ3v) is 4.47.